The predicted octanol–water partition coefficient (Wildman–Crippen LogP) is 4.13. The minimum atomic E-state index is -0.596. The van der Waals surface area contributed by atoms with Crippen LogP contribution in [0.25, 0.3) is 0 Å². The van der Waals surface area contributed by atoms with Crippen molar-refractivity contribution in [2.24, 2.45) is 0 Å². The standard InChI is InChI=1S/C16H15ClF3N/c1-21-12(8-10-7-11(17)5-6-14(10)18)9-13-15(19)3-2-4-16(13)20/h2-7,12,21H,8-9H2,1H3. The SMILES string of the molecule is CNC(Cc1cc(Cl)ccc1F)Cc1c(F)cccc1F. The van der Waals surface area contributed by atoms with Gasteiger partial charge in [-0.15, -0.1) is 0 Å². The Balaban J connectivity index is 2.19. The van der Waals surface area contributed by atoms with Crippen molar-refractivity contribution in [2.45, 2.75) is 18.9 Å². The van der Waals surface area contributed by atoms with Crippen LogP contribution in [0.3, 0.4) is 0 Å². The van der Waals surface area contributed by atoms with Gasteiger partial charge in [0.05, 0.1) is 0 Å². The molecule has 112 valence electrons. The van der Waals surface area contributed by atoms with Crippen molar-refractivity contribution < 1.29 is 13.2 Å². The molecule has 0 aliphatic carbocycles. The lowest BCUT2D eigenvalue weighted by molar-refractivity contribution is 0.494. The molecular formula is C16H15ClF3N. The third-order valence-corrected chi connectivity index (χ3v) is 3.63. The molecule has 1 nitrogen and oxygen atoms in total. The first kappa shape index (κ1) is 15.9. The number of nitrogens with one attached hydrogen (secondary N) is 1. The molecule has 0 heterocycles. The van der Waals surface area contributed by atoms with E-state index in [9.17, 15) is 13.2 Å². The summed E-state index contributed by atoms with van der Waals surface area (Å²) in [7, 11) is 1.67. The molecule has 2 aromatic carbocycles. The maximum atomic E-state index is 13.7. The van der Waals surface area contributed by atoms with Crippen LogP contribution < -0.4 is 5.32 Å². The first-order chi connectivity index (χ1) is 10.0. The van der Waals surface area contributed by atoms with Crippen molar-refractivity contribution in [1.29, 1.82) is 0 Å². The zero-order valence-corrected chi connectivity index (χ0v) is 12.2. The normalized spacial score (nSPS) is 12.4. The number of hydrogen-bond acceptors (Lipinski definition) is 1. The van der Waals surface area contributed by atoms with E-state index in [0.29, 0.717) is 10.6 Å². The van der Waals surface area contributed by atoms with Crippen molar-refractivity contribution in [3.05, 3.63) is 70.0 Å². The Morgan fingerprint density at radius 1 is 1.00 bits per heavy atom. The van der Waals surface area contributed by atoms with Crippen molar-refractivity contribution >= 4 is 11.6 Å². The van der Waals surface area contributed by atoms with Crippen molar-refractivity contribution in [3.8, 4) is 0 Å². The highest BCUT2D eigenvalue weighted by Crippen LogP contribution is 2.19. The zero-order valence-electron chi connectivity index (χ0n) is 11.5. The van der Waals surface area contributed by atoms with Gasteiger partial charge in [-0.3, -0.25) is 0 Å². The fourth-order valence-corrected chi connectivity index (χ4v) is 2.41. The van der Waals surface area contributed by atoms with Crippen LogP contribution in [-0.2, 0) is 12.8 Å². The Hall–Kier alpha value is -1.52. The van der Waals surface area contributed by atoms with E-state index in [1.807, 2.05) is 0 Å². The summed E-state index contributed by atoms with van der Waals surface area (Å²) >= 11 is 5.85. The van der Waals surface area contributed by atoms with E-state index in [2.05, 4.69) is 5.32 Å². The Bertz CT molecular complexity index is 611. The average Bonchev–Trinajstić information content (AvgIpc) is 2.45. The van der Waals surface area contributed by atoms with Crippen LogP contribution in [0.4, 0.5) is 13.2 Å². The minimum absolute atomic E-state index is 0.000661. The average molecular weight is 314 g/mol. The second-order valence-corrected chi connectivity index (χ2v) is 5.27. The highest BCUT2D eigenvalue weighted by molar-refractivity contribution is 6.30. The van der Waals surface area contributed by atoms with Gasteiger partial charge in [0, 0.05) is 16.6 Å². The molecule has 2 aromatic rings. The molecule has 0 aliphatic heterocycles. The van der Waals surface area contributed by atoms with Crippen LogP contribution in [0.15, 0.2) is 36.4 Å². The monoisotopic (exact) mass is 313 g/mol. The van der Waals surface area contributed by atoms with Gasteiger partial charge in [0.2, 0.25) is 0 Å². The Morgan fingerprint density at radius 2 is 1.67 bits per heavy atom. The number of halogens is 4. The first-order valence-corrected chi connectivity index (χ1v) is 6.93. The molecule has 2 rings (SSSR count). The molecule has 21 heavy (non-hydrogen) atoms. The molecule has 0 amide bonds. The lowest BCUT2D eigenvalue weighted by atomic mass is 9.98. The van der Waals surface area contributed by atoms with Gasteiger partial charge in [-0.25, -0.2) is 13.2 Å². The van der Waals surface area contributed by atoms with Gasteiger partial charge >= 0.3 is 0 Å². The van der Waals surface area contributed by atoms with Gasteiger partial charge in [-0.05, 0) is 55.8 Å². The molecule has 1 unspecified atom stereocenters. The highest BCUT2D eigenvalue weighted by Gasteiger charge is 2.16. The molecule has 1 atom stereocenters. The molecule has 0 fully saturated rings. The summed E-state index contributed by atoms with van der Waals surface area (Å²) in [5.41, 5.74) is 0.415. The highest BCUT2D eigenvalue weighted by atomic mass is 35.5. The maximum absolute atomic E-state index is 13.7. The molecule has 5 heteroatoms. The molecule has 0 saturated carbocycles. The number of rotatable bonds is 5. The molecule has 0 aromatic heterocycles. The summed E-state index contributed by atoms with van der Waals surface area (Å²) in [6.45, 7) is 0. The van der Waals surface area contributed by atoms with E-state index in [0.717, 1.165) is 0 Å². The van der Waals surface area contributed by atoms with Gasteiger partial charge < -0.3 is 5.32 Å². The number of benzene rings is 2. The summed E-state index contributed by atoms with van der Waals surface area (Å²) in [6, 6.07) is 7.72. The van der Waals surface area contributed by atoms with Crippen LogP contribution in [0.5, 0.6) is 0 Å². The summed E-state index contributed by atoms with van der Waals surface area (Å²) in [4.78, 5) is 0. The van der Waals surface area contributed by atoms with E-state index in [4.69, 9.17) is 11.6 Å². The zero-order chi connectivity index (χ0) is 15.4. The summed E-state index contributed by atoms with van der Waals surface area (Å²) in [5.74, 6) is -1.57. The van der Waals surface area contributed by atoms with Crippen molar-refractivity contribution in [1.82, 2.24) is 5.32 Å². The van der Waals surface area contributed by atoms with Gasteiger partial charge in [0.25, 0.3) is 0 Å². The third kappa shape index (κ3) is 3.99. The second-order valence-electron chi connectivity index (χ2n) is 4.83. The molecular weight excluding hydrogens is 299 g/mol. The Morgan fingerprint density at radius 3 is 2.29 bits per heavy atom. The molecule has 0 radical (unpaired) electrons. The van der Waals surface area contributed by atoms with Crippen molar-refractivity contribution in [2.75, 3.05) is 7.05 Å². The fraction of sp³-hybridized carbons (Fsp3) is 0.250. The molecule has 0 saturated heterocycles. The minimum Gasteiger partial charge on any atom is -0.316 e. The van der Waals surface area contributed by atoms with Crippen molar-refractivity contribution in [3.63, 3.8) is 0 Å². The van der Waals surface area contributed by atoms with Crippen LogP contribution >= 0.6 is 11.6 Å². The van der Waals surface area contributed by atoms with E-state index >= 15 is 0 Å². The largest absolute Gasteiger partial charge is 0.316 e. The smallest absolute Gasteiger partial charge is 0.129 e. The van der Waals surface area contributed by atoms with Gasteiger partial charge in [-0.2, -0.15) is 0 Å². The molecule has 0 spiro atoms. The first-order valence-electron chi connectivity index (χ1n) is 6.55. The topological polar surface area (TPSA) is 12.0 Å². The van der Waals surface area contributed by atoms with E-state index in [-0.39, 0.29) is 30.3 Å². The van der Waals surface area contributed by atoms with Crippen LogP contribution in [-0.4, -0.2) is 13.1 Å². The lowest BCUT2D eigenvalue weighted by Gasteiger charge is -2.17. The van der Waals surface area contributed by atoms with Gasteiger partial charge in [0.15, 0.2) is 0 Å². The lowest BCUT2D eigenvalue weighted by Crippen LogP contribution is -2.31. The maximum Gasteiger partial charge on any atom is 0.129 e. The predicted molar refractivity (Wildman–Crippen MR) is 78.0 cm³/mol. The van der Waals surface area contributed by atoms with Gasteiger partial charge in [-0.1, -0.05) is 17.7 Å². The molecule has 1 N–H and O–H groups in total. The van der Waals surface area contributed by atoms with Crippen LogP contribution in [0.2, 0.25) is 5.02 Å². The summed E-state index contributed by atoms with van der Waals surface area (Å²) < 4.78 is 41.1. The Kier molecular flexibility index (Phi) is 5.26. The number of likely N-dealkylation sites (N-methyl/N-ethyl adjacent to an activating group) is 1. The fourth-order valence-electron chi connectivity index (χ4n) is 2.22. The second kappa shape index (κ2) is 6.96. The van der Waals surface area contributed by atoms with E-state index in [1.165, 1.54) is 36.4 Å². The summed E-state index contributed by atoms with van der Waals surface area (Å²) in [5, 5.41) is 3.39. The molecule has 0 aliphatic rings. The third-order valence-electron chi connectivity index (χ3n) is 3.39. The number of hydrogen-bond donors (Lipinski definition) is 1. The Labute approximate surface area is 126 Å². The molecule has 0 bridgehead atoms. The van der Waals surface area contributed by atoms with Crippen LogP contribution in [0.1, 0.15) is 11.1 Å². The quantitative estimate of drug-likeness (QED) is 0.875. The van der Waals surface area contributed by atoms with Crippen LogP contribution in [0, 0.1) is 17.5 Å². The van der Waals surface area contributed by atoms with E-state index in [1.54, 1.807) is 7.05 Å². The van der Waals surface area contributed by atoms with Gasteiger partial charge in [0.1, 0.15) is 17.5 Å². The summed E-state index contributed by atoms with van der Waals surface area (Å²) in [6.07, 6.45) is 0.414. The van der Waals surface area contributed by atoms with E-state index < -0.39 is 11.6 Å².